The highest BCUT2D eigenvalue weighted by molar-refractivity contribution is 9.10. The largest absolute Gasteiger partial charge is 0.462 e. The van der Waals surface area contributed by atoms with E-state index in [0.717, 1.165) is 6.42 Å². The van der Waals surface area contributed by atoms with Crippen molar-refractivity contribution in [2.45, 2.75) is 19.4 Å². The Morgan fingerprint density at radius 2 is 2.39 bits per heavy atom. The maximum absolute atomic E-state index is 14.5. The molecule has 5 nitrogen and oxygen atoms in total. The molecule has 2 heterocycles. The number of halogens is 2. The molecule has 1 aliphatic heterocycles. The zero-order valence-corrected chi connectivity index (χ0v) is 14.2. The van der Waals surface area contributed by atoms with Crippen LogP contribution in [0, 0.1) is 5.82 Å². The molecule has 0 unspecified atom stereocenters. The molecule has 122 valence electrons. The molecule has 0 spiro atoms. The van der Waals surface area contributed by atoms with Crippen molar-refractivity contribution in [3.63, 3.8) is 0 Å². The van der Waals surface area contributed by atoms with Crippen molar-refractivity contribution in [2.24, 2.45) is 0 Å². The van der Waals surface area contributed by atoms with Crippen LogP contribution < -0.4 is 0 Å². The lowest BCUT2D eigenvalue weighted by molar-refractivity contribution is 0.0527. The molecule has 1 atom stereocenters. The highest BCUT2D eigenvalue weighted by atomic mass is 79.9. The van der Waals surface area contributed by atoms with Gasteiger partial charge in [-0.15, -0.1) is 0 Å². The van der Waals surface area contributed by atoms with E-state index in [-0.39, 0.29) is 18.2 Å². The molecule has 2 aromatic rings. The zero-order chi connectivity index (χ0) is 16.4. The standard InChI is InChI=1S/C16H16BrFN2O3/c1-2-23-16(21)13-8-19-20(11-5-6-22-9-11)15(13)12-4-3-10(17)7-14(12)18/h3-4,7-8,11H,2,5-6,9H2,1H3/t11-/m0/s1. The molecule has 1 aromatic carbocycles. The summed E-state index contributed by atoms with van der Waals surface area (Å²) in [6.45, 7) is 3.10. The highest BCUT2D eigenvalue weighted by Gasteiger charge is 2.28. The molecule has 0 N–H and O–H groups in total. The normalized spacial score (nSPS) is 17.4. The average Bonchev–Trinajstić information content (AvgIpc) is 3.16. The van der Waals surface area contributed by atoms with Crippen LogP contribution in [0.2, 0.25) is 0 Å². The van der Waals surface area contributed by atoms with Gasteiger partial charge in [0.1, 0.15) is 11.4 Å². The van der Waals surface area contributed by atoms with E-state index in [1.165, 1.54) is 12.3 Å². The molecule has 0 radical (unpaired) electrons. The Hall–Kier alpha value is -1.73. The van der Waals surface area contributed by atoms with Gasteiger partial charge in [0.05, 0.1) is 31.1 Å². The minimum absolute atomic E-state index is 0.0174. The minimum atomic E-state index is -0.505. The number of rotatable bonds is 4. The van der Waals surface area contributed by atoms with Crippen LogP contribution in [-0.2, 0) is 9.47 Å². The highest BCUT2D eigenvalue weighted by Crippen LogP contribution is 2.33. The molecule has 1 saturated heterocycles. The van der Waals surface area contributed by atoms with Crippen LogP contribution in [0.1, 0.15) is 29.7 Å². The quantitative estimate of drug-likeness (QED) is 0.758. The second kappa shape index (κ2) is 6.80. The number of carbonyl (C=O) groups is 1. The second-order valence-corrected chi connectivity index (χ2v) is 6.13. The zero-order valence-electron chi connectivity index (χ0n) is 12.6. The summed E-state index contributed by atoms with van der Waals surface area (Å²) in [6, 6.07) is 4.71. The molecule has 0 bridgehead atoms. The van der Waals surface area contributed by atoms with E-state index >= 15 is 0 Å². The molecule has 0 amide bonds. The van der Waals surface area contributed by atoms with Gasteiger partial charge in [0.2, 0.25) is 0 Å². The third kappa shape index (κ3) is 3.16. The van der Waals surface area contributed by atoms with Crippen LogP contribution in [0.15, 0.2) is 28.9 Å². The third-order valence-corrected chi connectivity index (χ3v) is 4.22. The second-order valence-electron chi connectivity index (χ2n) is 5.21. The number of hydrogen-bond donors (Lipinski definition) is 0. The number of carbonyl (C=O) groups excluding carboxylic acids is 1. The fraction of sp³-hybridized carbons (Fsp3) is 0.375. The van der Waals surface area contributed by atoms with E-state index in [1.807, 2.05) is 0 Å². The minimum Gasteiger partial charge on any atom is -0.462 e. The summed E-state index contributed by atoms with van der Waals surface area (Å²) in [6.07, 6.45) is 2.21. The number of hydrogen-bond acceptors (Lipinski definition) is 4. The van der Waals surface area contributed by atoms with Gasteiger partial charge in [-0.3, -0.25) is 4.68 Å². The van der Waals surface area contributed by atoms with Gasteiger partial charge in [-0.2, -0.15) is 5.10 Å². The maximum atomic E-state index is 14.5. The van der Waals surface area contributed by atoms with Crippen LogP contribution in [0.4, 0.5) is 4.39 Å². The third-order valence-electron chi connectivity index (χ3n) is 3.73. The van der Waals surface area contributed by atoms with Gasteiger partial charge in [-0.1, -0.05) is 15.9 Å². The summed E-state index contributed by atoms with van der Waals surface area (Å²) in [5.41, 5.74) is 1.02. The summed E-state index contributed by atoms with van der Waals surface area (Å²) in [5, 5.41) is 4.30. The molecular formula is C16H16BrFN2O3. The van der Waals surface area contributed by atoms with E-state index in [2.05, 4.69) is 21.0 Å². The molecular weight excluding hydrogens is 367 g/mol. The van der Waals surface area contributed by atoms with Crippen molar-refractivity contribution in [2.75, 3.05) is 19.8 Å². The fourth-order valence-electron chi connectivity index (χ4n) is 2.66. The lowest BCUT2D eigenvalue weighted by Gasteiger charge is -2.15. The van der Waals surface area contributed by atoms with Gasteiger partial charge in [0.25, 0.3) is 0 Å². The van der Waals surface area contributed by atoms with Gasteiger partial charge in [0, 0.05) is 16.6 Å². The van der Waals surface area contributed by atoms with Crippen molar-refractivity contribution in [1.82, 2.24) is 9.78 Å². The number of aromatic nitrogens is 2. The molecule has 3 rings (SSSR count). The molecule has 0 saturated carbocycles. The Balaban J connectivity index is 2.13. The lowest BCUT2D eigenvalue weighted by atomic mass is 10.1. The van der Waals surface area contributed by atoms with E-state index in [1.54, 1.807) is 23.7 Å². The Bertz CT molecular complexity index is 726. The number of nitrogens with zero attached hydrogens (tertiary/aromatic N) is 2. The molecule has 1 aromatic heterocycles. The van der Waals surface area contributed by atoms with Crippen molar-refractivity contribution in [3.05, 3.63) is 40.2 Å². The van der Waals surface area contributed by atoms with E-state index < -0.39 is 11.8 Å². The smallest absolute Gasteiger partial charge is 0.341 e. The number of ether oxygens (including phenoxy) is 2. The predicted octanol–water partition coefficient (Wildman–Crippen LogP) is 3.59. The summed E-state index contributed by atoms with van der Waals surface area (Å²) in [4.78, 5) is 12.2. The first-order chi connectivity index (χ1) is 11.1. The molecule has 23 heavy (non-hydrogen) atoms. The van der Waals surface area contributed by atoms with Crippen molar-refractivity contribution in [1.29, 1.82) is 0 Å². The van der Waals surface area contributed by atoms with E-state index in [4.69, 9.17) is 9.47 Å². The Morgan fingerprint density at radius 1 is 1.57 bits per heavy atom. The number of benzene rings is 1. The first-order valence-electron chi connectivity index (χ1n) is 7.39. The first-order valence-corrected chi connectivity index (χ1v) is 8.19. The van der Waals surface area contributed by atoms with Crippen molar-refractivity contribution >= 4 is 21.9 Å². The molecule has 0 aliphatic carbocycles. The van der Waals surface area contributed by atoms with Gasteiger partial charge < -0.3 is 9.47 Å². The van der Waals surface area contributed by atoms with Crippen LogP contribution in [0.3, 0.4) is 0 Å². The van der Waals surface area contributed by atoms with E-state index in [0.29, 0.717) is 28.9 Å². The monoisotopic (exact) mass is 382 g/mol. The SMILES string of the molecule is CCOC(=O)c1cnn([C@H]2CCOC2)c1-c1ccc(Br)cc1F. The molecule has 7 heteroatoms. The lowest BCUT2D eigenvalue weighted by Crippen LogP contribution is -2.14. The maximum Gasteiger partial charge on any atom is 0.341 e. The van der Waals surface area contributed by atoms with Gasteiger partial charge in [-0.05, 0) is 31.5 Å². The Morgan fingerprint density at radius 3 is 3.04 bits per heavy atom. The molecule has 1 fully saturated rings. The van der Waals surface area contributed by atoms with Gasteiger partial charge in [-0.25, -0.2) is 9.18 Å². The Labute approximate surface area is 141 Å². The first kappa shape index (κ1) is 16.1. The number of esters is 1. The summed E-state index contributed by atoms with van der Waals surface area (Å²) < 4.78 is 27.2. The van der Waals surface area contributed by atoms with Crippen LogP contribution in [0.5, 0.6) is 0 Å². The molecule has 1 aliphatic rings. The topological polar surface area (TPSA) is 53.3 Å². The predicted molar refractivity (Wildman–Crippen MR) is 85.8 cm³/mol. The summed E-state index contributed by atoms with van der Waals surface area (Å²) in [5.74, 6) is -0.930. The van der Waals surface area contributed by atoms with Gasteiger partial charge in [0.15, 0.2) is 0 Å². The van der Waals surface area contributed by atoms with Crippen LogP contribution >= 0.6 is 15.9 Å². The van der Waals surface area contributed by atoms with Crippen molar-refractivity contribution < 1.29 is 18.7 Å². The fourth-order valence-corrected chi connectivity index (χ4v) is 3.00. The van der Waals surface area contributed by atoms with Crippen molar-refractivity contribution in [3.8, 4) is 11.3 Å². The van der Waals surface area contributed by atoms with Crippen LogP contribution in [0.25, 0.3) is 11.3 Å². The van der Waals surface area contributed by atoms with E-state index in [9.17, 15) is 9.18 Å². The average molecular weight is 383 g/mol. The Kier molecular flexibility index (Phi) is 4.77. The van der Waals surface area contributed by atoms with Crippen LogP contribution in [-0.4, -0.2) is 35.6 Å². The summed E-state index contributed by atoms with van der Waals surface area (Å²) in [7, 11) is 0. The van der Waals surface area contributed by atoms with Gasteiger partial charge >= 0.3 is 5.97 Å². The summed E-state index contributed by atoms with van der Waals surface area (Å²) >= 11 is 3.24.